The number of carbonyl (C=O) groups excluding carboxylic acids is 1. The van der Waals surface area contributed by atoms with Crippen LogP contribution in [0.5, 0.6) is 0 Å². The number of hydrogen-bond acceptors (Lipinski definition) is 2. The molecule has 0 bridgehead atoms. The topological polar surface area (TPSA) is 62.5 Å². The van der Waals surface area contributed by atoms with Crippen LogP contribution in [0.2, 0.25) is 0 Å². The van der Waals surface area contributed by atoms with Gasteiger partial charge in [0.05, 0.1) is 5.92 Å². The van der Waals surface area contributed by atoms with E-state index in [1.807, 2.05) is 30.0 Å². The molecule has 126 valence electrons. The summed E-state index contributed by atoms with van der Waals surface area (Å²) in [6.45, 7) is 3.75. The molecule has 0 radical (unpaired) electrons. The molecule has 1 aliphatic carbocycles. The molecule has 4 rings (SSSR count). The van der Waals surface area contributed by atoms with E-state index in [0.29, 0.717) is 19.6 Å². The molecule has 1 saturated carbocycles. The standard InChI is InChI=1S/C19H22N2O3/c1-13-10-14-4-2-3-5-16(14)21(13)12-17(22)20-8-6-19(7-9-20)11-15(19)18(23)24/h2-5,10,15H,6-9,11-12H2,1H3,(H,23,24). The predicted octanol–water partition coefficient (Wildman–Crippen LogP) is 2.66. The summed E-state index contributed by atoms with van der Waals surface area (Å²) in [5, 5.41) is 10.3. The third kappa shape index (κ3) is 2.39. The Hall–Kier alpha value is -2.30. The Morgan fingerprint density at radius 3 is 2.62 bits per heavy atom. The van der Waals surface area contributed by atoms with E-state index in [4.69, 9.17) is 5.11 Å². The zero-order valence-electron chi connectivity index (χ0n) is 13.9. The van der Waals surface area contributed by atoms with Gasteiger partial charge in [-0.05, 0) is 49.1 Å². The van der Waals surface area contributed by atoms with Crippen LogP contribution in [0, 0.1) is 18.3 Å². The number of carboxylic acid groups (broad SMARTS) is 1. The first kappa shape index (κ1) is 15.2. The Labute approximate surface area is 140 Å². The maximum atomic E-state index is 12.7. The van der Waals surface area contributed by atoms with E-state index in [0.717, 1.165) is 35.9 Å². The van der Waals surface area contributed by atoms with Crippen LogP contribution >= 0.6 is 0 Å². The minimum Gasteiger partial charge on any atom is -0.481 e. The number of fused-ring (bicyclic) bond motifs is 1. The summed E-state index contributed by atoms with van der Waals surface area (Å²) < 4.78 is 2.07. The largest absolute Gasteiger partial charge is 0.481 e. The van der Waals surface area contributed by atoms with Crippen LogP contribution in [0.15, 0.2) is 30.3 Å². The van der Waals surface area contributed by atoms with Crippen molar-refractivity contribution in [3.63, 3.8) is 0 Å². The normalized spacial score (nSPS) is 22.0. The molecule has 5 nitrogen and oxygen atoms in total. The zero-order chi connectivity index (χ0) is 16.9. The highest BCUT2D eigenvalue weighted by atomic mass is 16.4. The quantitative estimate of drug-likeness (QED) is 0.943. The molecule has 1 aromatic carbocycles. The van der Waals surface area contributed by atoms with Gasteiger partial charge in [0.15, 0.2) is 0 Å². The number of benzene rings is 1. The molecular formula is C19H22N2O3. The third-order valence-corrected chi connectivity index (χ3v) is 5.91. The molecule has 5 heteroatoms. The number of para-hydroxylation sites is 1. The van der Waals surface area contributed by atoms with Gasteiger partial charge in [-0.2, -0.15) is 0 Å². The summed E-state index contributed by atoms with van der Waals surface area (Å²) in [5.74, 6) is -0.739. The van der Waals surface area contributed by atoms with Gasteiger partial charge in [0.1, 0.15) is 6.54 Å². The molecule has 2 heterocycles. The van der Waals surface area contributed by atoms with Crippen molar-refractivity contribution >= 4 is 22.8 Å². The molecule has 2 aliphatic rings. The zero-order valence-corrected chi connectivity index (χ0v) is 13.9. The Bertz CT molecular complexity index is 815. The SMILES string of the molecule is Cc1cc2ccccc2n1CC(=O)N1CCC2(CC1)CC2C(=O)O. The molecule has 1 aromatic heterocycles. The second kappa shape index (κ2) is 5.36. The molecule has 1 unspecified atom stereocenters. The number of likely N-dealkylation sites (tertiary alicyclic amines) is 1. The number of aryl methyl sites for hydroxylation is 1. The van der Waals surface area contributed by atoms with Crippen LogP contribution < -0.4 is 0 Å². The van der Waals surface area contributed by atoms with Crippen LogP contribution in [0.1, 0.15) is 25.0 Å². The summed E-state index contributed by atoms with van der Waals surface area (Å²) in [5.41, 5.74) is 2.15. The molecule has 1 amide bonds. The summed E-state index contributed by atoms with van der Waals surface area (Å²) in [6.07, 6.45) is 2.42. The van der Waals surface area contributed by atoms with Gasteiger partial charge in [0, 0.05) is 24.3 Å². The van der Waals surface area contributed by atoms with E-state index >= 15 is 0 Å². The Morgan fingerprint density at radius 1 is 1.25 bits per heavy atom. The lowest BCUT2D eigenvalue weighted by Crippen LogP contribution is -2.41. The van der Waals surface area contributed by atoms with E-state index in [1.165, 1.54) is 0 Å². The van der Waals surface area contributed by atoms with Crippen LogP contribution in [0.3, 0.4) is 0 Å². The minimum absolute atomic E-state index is 0.0291. The molecule has 1 aliphatic heterocycles. The lowest BCUT2D eigenvalue weighted by atomic mass is 9.91. The molecule has 24 heavy (non-hydrogen) atoms. The van der Waals surface area contributed by atoms with Crippen molar-refractivity contribution in [1.82, 2.24) is 9.47 Å². The van der Waals surface area contributed by atoms with Gasteiger partial charge in [-0.15, -0.1) is 0 Å². The van der Waals surface area contributed by atoms with Crippen molar-refractivity contribution < 1.29 is 14.7 Å². The van der Waals surface area contributed by atoms with Crippen LogP contribution in [-0.4, -0.2) is 39.5 Å². The first-order chi connectivity index (χ1) is 11.5. The summed E-state index contributed by atoms with van der Waals surface area (Å²) >= 11 is 0. The molecule has 2 aromatic rings. The van der Waals surface area contributed by atoms with Crippen molar-refractivity contribution in [3.8, 4) is 0 Å². The van der Waals surface area contributed by atoms with Crippen molar-refractivity contribution in [3.05, 3.63) is 36.0 Å². The maximum absolute atomic E-state index is 12.7. The minimum atomic E-state index is -0.677. The molecule has 1 saturated heterocycles. The van der Waals surface area contributed by atoms with Crippen molar-refractivity contribution in [1.29, 1.82) is 0 Å². The molecule has 1 N–H and O–H groups in total. The smallest absolute Gasteiger partial charge is 0.307 e. The van der Waals surface area contributed by atoms with E-state index < -0.39 is 5.97 Å². The fourth-order valence-electron chi connectivity index (χ4n) is 4.24. The Kier molecular flexibility index (Phi) is 3.41. The van der Waals surface area contributed by atoms with E-state index in [9.17, 15) is 9.59 Å². The summed E-state index contributed by atoms with van der Waals surface area (Å²) in [4.78, 5) is 25.7. The van der Waals surface area contributed by atoms with Gasteiger partial charge >= 0.3 is 5.97 Å². The lowest BCUT2D eigenvalue weighted by Gasteiger charge is -2.33. The van der Waals surface area contributed by atoms with Gasteiger partial charge in [0.25, 0.3) is 0 Å². The number of carbonyl (C=O) groups is 2. The Morgan fingerprint density at radius 2 is 1.96 bits per heavy atom. The average Bonchev–Trinajstić information content (AvgIpc) is 3.18. The average molecular weight is 326 g/mol. The number of rotatable bonds is 3. The van der Waals surface area contributed by atoms with Gasteiger partial charge in [-0.3, -0.25) is 9.59 Å². The number of hydrogen-bond donors (Lipinski definition) is 1. The fourth-order valence-corrected chi connectivity index (χ4v) is 4.24. The molecule has 1 spiro atoms. The van der Waals surface area contributed by atoms with Crippen LogP contribution in [0.4, 0.5) is 0 Å². The number of nitrogens with zero attached hydrogens (tertiary/aromatic N) is 2. The fraction of sp³-hybridized carbons (Fsp3) is 0.474. The first-order valence-electron chi connectivity index (χ1n) is 8.56. The van der Waals surface area contributed by atoms with Gasteiger partial charge in [-0.25, -0.2) is 0 Å². The van der Waals surface area contributed by atoms with Gasteiger partial charge in [0.2, 0.25) is 5.91 Å². The molecule has 1 atom stereocenters. The monoisotopic (exact) mass is 326 g/mol. The number of carboxylic acids is 1. The second-order valence-electron chi connectivity index (χ2n) is 7.27. The number of aromatic nitrogens is 1. The number of amides is 1. The second-order valence-corrected chi connectivity index (χ2v) is 7.27. The van der Waals surface area contributed by atoms with Gasteiger partial charge in [-0.1, -0.05) is 18.2 Å². The lowest BCUT2D eigenvalue weighted by molar-refractivity contribution is -0.140. The Balaban J connectivity index is 1.44. The van der Waals surface area contributed by atoms with E-state index in [1.54, 1.807) is 0 Å². The number of piperidine rings is 1. The van der Waals surface area contributed by atoms with E-state index in [2.05, 4.69) is 16.7 Å². The third-order valence-electron chi connectivity index (χ3n) is 5.91. The van der Waals surface area contributed by atoms with Crippen molar-refractivity contribution in [2.24, 2.45) is 11.3 Å². The first-order valence-corrected chi connectivity index (χ1v) is 8.56. The van der Waals surface area contributed by atoms with Crippen LogP contribution in [-0.2, 0) is 16.1 Å². The number of aliphatic carboxylic acids is 1. The van der Waals surface area contributed by atoms with E-state index in [-0.39, 0.29) is 17.2 Å². The van der Waals surface area contributed by atoms with Crippen molar-refractivity contribution in [2.45, 2.75) is 32.7 Å². The van der Waals surface area contributed by atoms with Crippen LogP contribution in [0.25, 0.3) is 10.9 Å². The molecular weight excluding hydrogens is 304 g/mol. The highest BCUT2D eigenvalue weighted by Crippen LogP contribution is 2.59. The van der Waals surface area contributed by atoms with Gasteiger partial charge < -0.3 is 14.6 Å². The maximum Gasteiger partial charge on any atom is 0.307 e. The highest BCUT2D eigenvalue weighted by molar-refractivity contribution is 5.84. The molecule has 2 fully saturated rings. The summed E-state index contributed by atoms with van der Waals surface area (Å²) in [7, 11) is 0. The summed E-state index contributed by atoms with van der Waals surface area (Å²) in [6, 6.07) is 10.2. The predicted molar refractivity (Wildman–Crippen MR) is 90.7 cm³/mol. The van der Waals surface area contributed by atoms with Crippen molar-refractivity contribution in [2.75, 3.05) is 13.1 Å². The highest BCUT2D eigenvalue weighted by Gasteiger charge is 2.59.